The van der Waals surface area contributed by atoms with Crippen molar-refractivity contribution in [1.29, 1.82) is 0 Å². The van der Waals surface area contributed by atoms with Gasteiger partial charge in [-0.3, -0.25) is 0 Å². The Balaban J connectivity index is 2.34. The van der Waals surface area contributed by atoms with Crippen LogP contribution in [0.3, 0.4) is 0 Å². The van der Waals surface area contributed by atoms with E-state index in [1.807, 2.05) is 30.3 Å². The summed E-state index contributed by atoms with van der Waals surface area (Å²) in [6, 6.07) is 9.85. The summed E-state index contributed by atoms with van der Waals surface area (Å²) in [5.74, 6) is 0.388. The van der Waals surface area contributed by atoms with Crippen molar-refractivity contribution in [1.82, 2.24) is 0 Å². The Bertz CT molecular complexity index is 313. The van der Waals surface area contributed by atoms with Gasteiger partial charge in [-0.2, -0.15) is 13.2 Å². The van der Waals surface area contributed by atoms with Gasteiger partial charge in [0, 0.05) is 11.1 Å². The Labute approximate surface area is 112 Å². The van der Waals surface area contributed by atoms with E-state index in [9.17, 15) is 13.2 Å². The standard InChI is InChI=1S/C12H14BrF3S/c13-9-11(6-7-17-12(14,15)16)8-10-4-2-1-3-5-10/h1-5,11H,6-9H2. The number of thioether (sulfide) groups is 1. The summed E-state index contributed by atoms with van der Waals surface area (Å²) in [6.45, 7) is 0. The lowest BCUT2D eigenvalue weighted by molar-refractivity contribution is -0.0328. The quantitative estimate of drug-likeness (QED) is 0.671. The average molecular weight is 327 g/mol. The van der Waals surface area contributed by atoms with E-state index in [4.69, 9.17) is 0 Å². The fraction of sp³-hybridized carbons (Fsp3) is 0.500. The number of hydrogen-bond acceptors (Lipinski definition) is 1. The number of hydrogen-bond donors (Lipinski definition) is 0. The largest absolute Gasteiger partial charge is 0.441 e. The summed E-state index contributed by atoms with van der Waals surface area (Å²) in [4.78, 5) is 0. The first-order valence-corrected chi connectivity index (χ1v) is 7.42. The van der Waals surface area contributed by atoms with Crippen molar-refractivity contribution >= 4 is 27.7 Å². The van der Waals surface area contributed by atoms with Gasteiger partial charge in [-0.25, -0.2) is 0 Å². The summed E-state index contributed by atoms with van der Waals surface area (Å²) >= 11 is 3.43. The van der Waals surface area contributed by atoms with Crippen LogP contribution >= 0.6 is 27.7 Å². The van der Waals surface area contributed by atoms with Gasteiger partial charge in [0.05, 0.1) is 0 Å². The van der Waals surface area contributed by atoms with Crippen molar-refractivity contribution in [3.63, 3.8) is 0 Å². The van der Waals surface area contributed by atoms with Crippen molar-refractivity contribution in [3.8, 4) is 0 Å². The Morgan fingerprint density at radius 3 is 2.35 bits per heavy atom. The summed E-state index contributed by atoms with van der Waals surface area (Å²) in [6.07, 6.45) is 1.40. The molecule has 96 valence electrons. The molecule has 1 aromatic carbocycles. The summed E-state index contributed by atoms with van der Waals surface area (Å²) in [7, 11) is 0. The van der Waals surface area contributed by atoms with Gasteiger partial charge in [-0.05, 0) is 24.3 Å². The van der Waals surface area contributed by atoms with E-state index in [0.717, 1.165) is 11.8 Å². The summed E-state index contributed by atoms with van der Waals surface area (Å²) < 4.78 is 36.0. The molecule has 0 heterocycles. The van der Waals surface area contributed by atoms with Crippen molar-refractivity contribution in [2.45, 2.75) is 18.3 Å². The maximum atomic E-state index is 12.0. The van der Waals surface area contributed by atoms with Gasteiger partial charge in [0.2, 0.25) is 0 Å². The molecule has 17 heavy (non-hydrogen) atoms. The molecule has 5 heteroatoms. The minimum absolute atomic E-state index is 0.0670. The molecule has 1 atom stereocenters. The molecule has 0 aliphatic heterocycles. The molecule has 0 aliphatic carbocycles. The monoisotopic (exact) mass is 326 g/mol. The Hall–Kier alpha value is -0.160. The average Bonchev–Trinajstić information content (AvgIpc) is 2.27. The highest BCUT2D eigenvalue weighted by Gasteiger charge is 2.27. The molecule has 0 saturated heterocycles. The molecule has 0 fully saturated rings. The molecule has 1 aromatic rings. The maximum Gasteiger partial charge on any atom is 0.441 e. The first-order valence-electron chi connectivity index (χ1n) is 5.32. The Morgan fingerprint density at radius 1 is 1.18 bits per heavy atom. The van der Waals surface area contributed by atoms with Gasteiger partial charge >= 0.3 is 5.51 Å². The number of benzene rings is 1. The lowest BCUT2D eigenvalue weighted by atomic mass is 9.99. The van der Waals surface area contributed by atoms with Gasteiger partial charge in [0.15, 0.2) is 0 Å². The van der Waals surface area contributed by atoms with Crippen molar-refractivity contribution < 1.29 is 13.2 Å². The third-order valence-corrected chi connectivity index (χ3v) is 4.06. The normalized spacial score (nSPS) is 13.6. The predicted molar refractivity (Wildman–Crippen MR) is 70.6 cm³/mol. The van der Waals surface area contributed by atoms with E-state index in [2.05, 4.69) is 15.9 Å². The van der Waals surface area contributed by atoms with E-state index in [-0.39, 0.29) is 23.4 Å². The summed E-state index contributed by atoms with van der Waals surface area (Å²) in [5.41, 5.74) is -2.93. The van der Waals surface area contributed by atoms with Crippen molar-refractivity contribution in [2.75, 3.05) is 11.1 Å². The van der Waals surface area contributed by atoms with Crippen LogP contribution < -0.4 is 0 Å². The molecular formula is C12H14BrF3S. The second-order valence-corrected chi connectivity index (χ2v) is 5.60. The minimum atomic E-state index is -4.11. The highest BCUT2D eigenvalue weighted by molar-refractivity contribution is 9.09. The second kappa shape index (κ2) is 7.31. The molecule has 0 radical (unpaired) electrons. The number of alkyl halides is 4. The smallest absolute Gasteiger partial charge is 0.160 e. The Morgan fingerprint density at radius 2 is 1.82 bits per heavy atom. The van der Waals surface area contributed by atoms with Crippen molar-refractivity contribution in [3.05, 3.63) is 35.9 Å². The molecule has 0 spiro atoms. The van der Waals surface area contributed by atoms with Crippen LogP contribution in [0.1, 0.15) is 12.0 Å². The van der Waals surface area contributed by atoms with E-state index in [1.165, 1.54) is 5.56 Å². The maximum absolute atomic E-state index is 12.0. The Kier molecular flexibility index (Phi) is 6.41. The van der Waals surface area contributed by atoms with E-state index >= 15 is 0 Å². The number of rotatable bonds is 6. The molecule has 0 N–H and O–H groups in total. The lowest BCUT2D eigenvalue weighted by Gasteiger charge is -2.14. The molecule has 0 saturated carbocycles. The topological polar surface area (TPSA) is 0 Å². The van der Waals surface area contributed by atoms with Gasteiger partial charge in [-0.1, -0.05) is 58.0 Å². The fourth-order valence-electron chi connectivity index (χ4n) is 1.52. The van der Waals surface area contributed by atoms with E-state index in [0.29, 0.717) is 6.42 Å². The van der Waals surface area contributed by atoms with Gasteiger partial charge in [0.1, 0.15) is 0 Å². The molecule has 0 bridgehead atoms. The zero-order valence-corrected chi connectivity index (χ0v) is 11.6. The molecule has 0 aliphatic rings. The van der Waals surface area contributed by atoms with Crippen LogP contribution in [-0.4, -0.2) is 16.6 Å². The van der Waals surface area contributed by atoms with Crippen LogP contribution in [0.4, 0.5) is 13.2 Å². The SMILES string of the molecule is FC(F)(F)SCCC(CBr)Cc1ccccc1. The highest BCUT2D eigenvalue weighted by Crippen LogP contribution is 2.31. The predicted octanol–water partition coefficient (Wildman–Crippen LogP) is 4.88. The second-order valence-electron chi connectivity index (χ2n) is 3.79. The molecule has 0 nitrogen and oxygen atoms in total. The van der Waals surface area contributed by atoms with Crippen LogP contribution in [0.2, 0.25) is 0 Å². The van der Waals surface area contributed by atoms with E-state index in [1.54, 1.807) is 0 Å². The third-order valence-electron chi connectivity index (χ3n) is 2.38. The van der Waals surface area contributed by atoms with Crippen LogP contribution in [0, 0.1) is 5.92 Å². The minimum Gasteiger partial charge on any atom is -0.160 e. The molecule has 1 unspecified atom stereocenters. The molecule has 0 aromatic heterocycles. The van der Waals surface area contributed by atoms with Gasteiger partial charge in [-0.15, -0.1) is 0 Å². The number of halogens is 4. The zero-order valence-electron chi connectivity index (χ0n) is 9.21. The zero-order chi connectivity index (χ0) is 12.7. The van der Waals surface area contributed by atoms with Gasteiger partial charge in [0.25, 0.3) is 0 Å². The molecule has 0 amide bonds. The highest BCUT2D eigenvalue weighted by atomic mass is 79.9. The van der Waals surface area contributed by atoms with Crippen LogP contribution in [-0.2, 0) is 6.42 Å². The van der Waals surface area contributed by atoms with E-state index < -0.39 is 5.51 Å². The molecular weight excluding hydrogens is 313 g/mol. The van der Waals surface area contributed by atoms with Crippen LogP contribution in [0.15, 0.2) is 30.3 Å². The van der Waals surface area contributed by atoms with Crippen LogP contribution in [0.25, 0.3) is 0 Å². The van der Waals surface area contributed by atoms with Crippen LogP contribution in [0.5, 0.6) is 0 Å². The van der Waals surface area contributed by atoms with Gasteiger partial charge < -0.3 is 0 Å². The first kappa shape index (κ1) is 14.9. The third kappa shape index (κ3) is 6.99. The van der Waals surface area contributed by atoms with Crippen molar-refractivity contribution in [2.24, 2.45) is 5.92 Å². The molecule has 1 rings (SSSR count). The first-order chi connectivity index (χ1) is 8.01. The summed E-state index contributed by atoms with van der Waals surface area (Å²) in [5, 5.41) is 0.736. The lowest BCUT2D eigenvalue weighted by Crippen LogP contribution is -2.10. The fourth-order valence-corrected chi connectivity index (χ4v) is 2.76.